The van der Waals surface area contributed by atoms with Gasteiger partial charge in [0.15, 0.2) is 0 Å². The number of hydrogen-bond donors (Lipinski definition) is 1. The van der Waals surface area contributed by atoms with E-state index < -0.39 is 0 Å². The third-order valence-corrected chi connectivity index (χ3v) is 3.98. The number of rotatable bonds is 5. The first kappa shape index (κ1) is 17.2. The van der Waals surface area contributed by atoms with Gasteiger partial charge >= 0.3 is 6.09 Å². The molecular weight excluding hydrogens is 256 g/mol. The summed E-state index contributed by atoms with van der Waals surface area (Å²) < 4.78 is 10.9. The largest absolute Gasteiger partial charge is 0.449 e. The Balaban J connectivity index is 2.35. The van der Waals surface area contributed by atoms with Crippen molar-refractivity contribution in [2.45, 2.75) is 45.6 Å². The molecule has 20 heavy (non-hydrogen) atoms. The predicted molar refractivity (Wildman–Crippen MR) is 79.6 cm³/mol. The lowest BCUT2D eigenvalue weighted by Gasteiger charge is -2.32. The van der Waals surface area contributed by atoms with Crippen LogP contribution in [0.1, 0.15) is 40.0 Å². The number of hydrogen-bond acceptors (Lipinski definition) is 4. The highest BCUT2D eigenvalue weighted by molar-refractivity contribution is 5.68. The molecule has 0 radical (unpaired) electrons. The molecule has 1 amide bonds. The van der Waals surface area contributed by atoms with E-state index in [1.807, 2.05) is 20.8 Å². The minimum Gasteiger partial charge on any atom is -0.449 e. The summed E-state index contributed by atoms with van der Waals surface area (Å²) in [6.07, 6.45) is 3.00. The van der Waals surface area contributed by atoms with E-state index >= 15 is 0 Å². The average Bonchev–Trinajstić information content (AvgIpc) is 2.42. The Bertz CT molecular complexity index is 296. The van der Waals surface area contributed by atoms with E-state index in [9.17, 15) is 4.79 Å². The van der Waals surface area contributed by atoms with Gasteiger partial charge < -0.3 is 20.1 Å². The second-order valence-electron chi connectivity index (χ2n) is 6.73. The van der Waals surface area contributed by atoms with Gasteiger partial charge in [-0.05, 0) is 52.5 Å². The molecule has 0 unspecified atom stereocenters. The number of nitrogens with zero attached hydrogens (tertiary/aromatic N) is 1. The molecule has 0 spiro atoms. The van der Waals surface area contributed by atoms with Crippen LogP contribution < -0.4 is 5.73 Å². The predicted octanol–water partition coefficient (Wildman–Crippen LogP) is 2.24. The van der Waals surface area contributed by atoms with Gasteiger partial charge in [0.05, 0.1) is 6.61 Å². The van der Waals surface area contributed by atoms with Crippen LogP contribution in [0, 0.1) is 11.8 Å². The smallest absolute Gasteiger partial charge is 0.409 e. The van der Waals surface area contributed by atoms with Crippen molar-refractivity contribution in [1.29, 1.82) is 0 Å². The van der Waals surface area contributed by atoms with Gasteiger partial charge in [-0.2, -0.15) is 0 Å². The first-order valence-electron chi connectivity index (χ1n) is 7.53. The third-order valence-electron chi connectivity index (χ3n) is 3.98. The van der Waals surface area contributed by atoms with E-state index in [4.69, 9.17) is 15.2 Å². The molecule has 1 heterocycles. The Hall–Kier alpha value is -0.810. The number of carbonyl (C=O) groups is 1. The van der Waals surface area contributed by atoms with Crippen LogP contribution in [0.5, 0.6) is 0 Å². The topological polar surface area (TPSA) is 64.8 Å². The molecule has 2 N–H and O–H groups in total. The van der Waals surface area contributed by atoms with E-state index in [0.717, 1.165) is 26.1 Å². The summed E-state index contributed by atoms with van der Waals surface area (Å²) in [6, 6.07) is 0. The van der Waals surface area contributed by atoms with Crippen LogP contribution in [-0.2, 0) is 9.47 Å². The van der Waals surface area contributed by atoms with Crippen molar-refractivity contribution < 1.29 is 14.3 Å². The van der Waals surface area contributed by atoms with Crippen LogP contribution in [-0.4, -0.2) is 49.9 Å². The van der Waals surface area contributed by atoms with Crippen LogP contribution >= 0.6 is 0 Å². The van der Waals surface area contributed by atoms with E-state index in [1.54, 1.807) is 11.9 Å². The summed E-state index contributed by atoms with van der Waals surface area (Å²) in [4.78, 5) is 13.6. The van der Waals surface area contributed by atoms with Crippen LogP contribution in [0.15, 0.2) is 0 Å². The molecule has 1 aliphatic rings. The molecule has 0 aromatic carbocycles. The van der Waals surface area contributed by atoms with E-state index in [1.165, 1.54) is 6.42 Å². The van der Waals surface area contributed by atoms with Crippen molar-refractivity contribution in [2.24, 2.45) is 17.6 Å². The van der Waals surface area contributed by atoms with Gasteiger partial charge in [0.25, 0.3) is 0 Å². The van der Waals surface area contributed by atoms with Crippen molar-refractivity contribution >= 4 is 6.09 Å². The maximum atomic E-state index is 11.9. The Kier molecular flexibility index (Phi) is 6.76. The summed E-state index contributed by atoms with van der Waals surface area (Å²) >= 11 is 0. The minimum absolute atomic E-state index is 0.221. The fourth-order valence-corrected chi connectivity index (χ4v) is 2.26. The summed E-state index contributed by atoms with van der Waals surface area (Å²) in [5, 5.41) is 0. The van der Waals surface area contributed by atoms with Gasteiger partial charge in [-0.3, -0.25) is 0 Å². The van der Waals surface area contributed by atoms with Gasteiger partial charge in [0.2, 0.25) is 0 Å². The molecule has 0 bridgehead atoms. The van der Waals surface area contributed by atoms with Crippen LogP contribution in [0.4, 0.5) is 4.79 Å². The van der Waals surface area contributed by atoms with Gasteiger partial charge in [-0.1, -0.05) is 0 Å². The first-order chi connectivity index (χ1) is 9.34. The highest BCUT2D eigenvalue weighted by Gasteiger charge is 2.25. The molecular formula is C15H30N2O3. The fourth-order valence-electron chi connectivity index (χ4n) is 2.26. The minimum atomic E-state index is -0.282. The maximum Gasteiger partial charge on any atom is 0.409 e. The Morgan fingerprint density at radius 3 is 2.70 bits per heavy atom. The second kappa shape index (κ2) is 7.84. The Morgan fingerprint density at radius 1 is 1.50 bits per heavy atom. The first-order valence-corrected chi connectivity index (χ1v) is 7.53. The summed E-state index contributed by atoms with van der Waals surface area (Å²) in [7, 11) is 1.76. The zero-order valence-electron chi connectivity index (χ0n) is 13.4. The lowest BCUT2D eigenvalue weighted by atomic mass is 9.91. The van der Waals surface area contributed by atoms with Crippen molar-refractivity contribution in [3.63, 3.8) is 0 Å². The highest BCUT2D eigenvalue weighted by Crippen LogP contribution is 2.22. The van der Waals surface area contributed by atoms with Crippen LogP contribution in [0.25, 0.3) is 0 Å². The fraction of sp³-hybridized carbons (Fsp3) is 0.933. The number of ether oxygens (including phenoxy) is 2. The Labute approximate surface area is 122 Å². The molecule has 2 atom stereocenters. The van der Waals surface area contributed by atoms with Gasteiger partial charge in [-0.15, -0.1) is 0 Å². The molecule has 1 rings (SSSR count). The van der Waals surface area contributed by atoms with Crippen molar-refractivity contribution in [3.8, 4) is 0 Å². The molecule has 5 heteroatoms. The highest BCUT2D eigenvalue weighted by atomic mass is 16.6. The zero-order chi connectivity index (χ0) is 15.2. The lowest BCUT2D eigenvalue weighted by molar-refractivity contribution is 0.0334. The standard InChI is InChI=1S/C15H30N2O3/c1-15(2,3)17(4)14(18)20-11-13(9-16)8-12-6-5-7-19-10-12/h12-13H,5-11,16H2,1-4H3/t12-,13-/m0/s1. The molecule has 0 saturated carbocycles. The molecule has 118 valence electrons. The number of amides is 1. The molecule has 1 aliphatic heterocycles. The molecule has 1 fully saturated rings. The average molecular weight is 286 g/mol. The molecule has 5 nitrogen and oxygen atoms in total. The van der Waals surface area contributed by atoms with Gasteiger partial charge in [-0.25, -0.2) is 4.79 Å². The maximum absolute atomic E-state index is 11.9. The molecule has 1 saturated heterocycles. The van der Waals surface area contributed by atoms with E-state index in [-0.39, 0.29) is 17.6 Å². The summed E-state index contributed by atoms with van der Waals surface area (Å²) in [6.45, 7) is 8.56. The molecule has 0 aromatic heterocycles. The third kappa shape index (κ3) is 5.67. The van der Waals surface area contributed by atoms with Gasteiger partial charge in [0.1, 0.15) is 0 Å². The SMILES string of the molecule is CN(C(=O)OC[C@H](CN)C[C@@H]1CCCOC1)C(C)(C)C. The van der Waals surface area contributed by atoms with E-state index in [0.29, 0.717) is 19.1 Å². The van der Waals surface area contributed by atoms with Crippen molar-refractivity contribution in [3.05, 3.63) is 0 Å². The summed E-state index contributed by atoms with van der Waals surface area (Å²) in [5.41, 5.74) is 5.56. The quantitative estimate of drug-likeness (QED) is 0.842. The van der Waals surface area contributed by atoms with Crippen LogP contribution in [0.3, 0.4) is 0 Å². The monoisotopic (exact) mass is 286 g/mol. The molecule has 0 aromatic rings. The summed E-state index contributed by atoms with van der Waals surface area (Å²) in [5.74, 6) is 0.773. The van der Waals surface area contributed by atoms with Crippen molar-refractivity contribution in [1.82, 2.24) is 4.90 Å². The number of nitrogens with two attached hydrogens (primary N) is 1. The van der Waals surface area contributed by atoms with Gasteiger partial charge in [0, 0.05) is 31.7 Å². The zero-order valence-corrected chi connectivity index (χ0v) is 13.4. The number of carbonyl (C=O) groups excluding carboxylic acids is 1. The second-order valence-corrected chi connectivity index (χ2v) is 6.73. The Morgan fingerprint density at radius 2 is 2.20 bits per heavy atom. The van der Waals surface area contributed by atoms with E-state index in [2.05, 4.69) is 0 Å². The lowest BCUT2D eigenvalue weighted by Crippen LogP contribution is -2.43. The van der Waals surface area contributed by atoms with Crippen LogP contribution in [0.2, 0.25) is 0 Å². The van der Waals surface area contributed by atoms with Crippen molar-refractivity contribution in [2.75, 3.05) is 33.4 Å². The molecule has 0 aliphatic carbocycles. The normalized spacial score (nSPS) is 21.4.